The van der Waals surface area contributed by atoms with Crippen LogP contribution in [-0.2, 0) is 63.6 Å². The molecule has 1 aromatic rings. The SMILES string of the molecule is CCC(COCCOCCOCCOCCOCCOCCOCCOCCNC(=O)COCC(=O)N[C@H](CN[C@@H](C)C(=O)Nc1ccc(CO)cc1)C(C)C)N=[N+]=[N-]. The van der Waals surface area contributed by atoms with Gasteiger partial charge < -0.3 is 69.0 Å². The molecule has 0 aliphatic carbocycles. The summed E-state index contributed by atoms with van der Waals surface area (Å²) in [5.74, 6) is -0.890. The molecule has 3 atom stereocenters. The van der Waals surface area contributed by atoms with Crippen LogP contribution in [-0.4, -0.2) is 173 Å². The Hall–Kier alpha value is -3.50. The molecule has 0 heterocycles. The Balaban J connectivity index is 1.88. The van der Waals surface area contributed by atoms with Crippen molar-refractivity contribution in [1.82, 2.24) is 16.0 Å². The van der Waals surface area contributed by atoms with Crippen LogP contribution in [0.5, 0.6) is 0 Å². The number of rotatable bonds is 40. The monoisotopic (exact) mass is 843 g/mol. The van der Waals surface area contributed by atoms with Gasteiger partial charge >= 0.3 is 0 Å². The second-order valence-corrected chi connectivity index (χ2v) is 13.4. The second kappa shape index (κ2) is 37.5. The fraction of sp³-hybridized carbons (Fsp3) is 0.769. The Morgan fingerprint density at radius 3 is 1.63 bits per heavy atom. The molecule has 3 amide bonds. The smallest absolute Gasteiger partial charge is 0.246 e. The van der Waals surface area contributed by atoms with Gasteiger partial charge in [-0.15, -0.1) is 0 Å². The molecule has 1 unspecified atom stereocenters. The number of amides is 3. The molecule has 0 aliphatic heterocycles. The van der Waals surface area contributed by atoms with Crippen LogP contribution in [0, 0.1) is 5.92 Å². The number of ether oxygens (including phenoxy) is 9. The van der Waals surface area contributed by atoms with Gasteiger partial charge in [0.15, 0.2) is 0 Å². The summed E-state index contributed by atoms with van der Waals surface area (Å²) >= 11 is 0. The third-order valence-corrected chi connectivity index (χ3v) is 8.23. The molecule has 5 N–H and O–H groups in total. The molecule has 0 bridgehead atoms. The van der Waals surface area contributed by atoms with E-state index in [1.54, 1.807) is 31.2 Å². The van der Waals surface area contributed by atoms with Gasteiger partial charge in [-0.25, -0.2) is 0 Å². The maximum Gasteiger partial charge on any atom is 0.246 e. The van der Waals surface area contributed by atoms with E-state index in [1.807, 2.05) is 20.8 Å². The van der Waals surface area contributed by atoms with Gasteiger partial charge in [0.05, 0.1) is 124 Å². The highest BCUT2D eigenvalue weighted by molar-refractivity contribution is 5.94. The van der Waals surface area contributed by atoms with E-state index in [-0.39, 0.29) is 62.1 Å². The molecular formula is C39H69N7O13. The van der Waals surface area contributed by atoms with E-state index >= 15 is 0 Å². The summed E-state index contributed by atoms with van der Waals surface area (Å²) in [6.45, 7) is 14.4. The zero-order valence-electron chi connectivity index (χ0n) is 35.4. The van der Waals surface area contributed by atoms with Crippen LogP contribution < -0.4 is 21.3 Å². The lowest BCUT2D eigenvalue weighted by Crippen LogP contribution is -2.50. The molecule has 0 aromatic heterocycles. The van der Waals surface area contributed by atoms with Crippen LogP contribution >= 0.6 is 0 Å². The van der Waals surface area contributed by atoms with E-state index in [2.05, 4.69) is 31.3 Å². The van der Waals surface area contributed by atoms with E-state index in [4.69, 9.17) is 53.3 Å². The number of nitrogens with one attached hydrogen (secondary N) is 4. The summed E-state index contributed by atoms with van der Waals surface area (Å²) in [5.41, 5.74) is 9.83. The molecular weight excluding hydrogens is 774 g/mol. The predicted octanol–water partition coefficient (Wildman–Crippen LogP) is 1.59. The Morgan fingerprint density at radius 1 is 0.695 bits per heavy atom. The summed E-state index contributed by atoms with van der Waals surface area (Å²) in [6.07, 6.45) is 0.733. The molecule has 1 aromatic carbocycles. The van der Waals surface area contributed by atoms with Crippen molar-refractivity contribution in [3.8, 4) is 0 Å². The van der Waals surface area contributed by atoms with Crippen molar-refractivity contribution in [1.29, 1.82) is 0 Å². The van der Waals surface area contributed by atoms with Crippen molar-refractivity contribution in [3.05, 3.63) is 40.3 Å². The maximum absolute atomic E-state index is 12.6. The summed E-state index contributed by atoms with van der Waals surface area (Å²) in [6, 6.07) is 5.98. The molecule has 338 valence electrons. The minimum absolute atomic E-state index is 0.0713. The van der Waals surface area contributed by atoms with Crippen LogP contribution in [0.15, 0.2) is 29.4 Å². The molecule has 0 spiro atoms. The number of carbonyl (C=O) groups excluding carboxylic acids is 3. The molecule has 59 heavy (non-hydrogen) atoms. The number of aliphatic hydroxyl groups is 1. The minimum Gasteiger partial charge on any atom is -0.392 e. The first kappa shape index (κ1) is 53.5. The Morgan fingerprint density at radius 2 is 1.17 bits per heavy atom. The lowest BCUT2D eigenvalue weighted by Gasteiger charge is -2.24. The molecule has 0 saturated carbocycles. The topological polar surface area (TPSA) is 251 Å². The number of carbonyl (C=O) groups is 3. The first-order valence-corrected chi connectivity index (χ1v) is 20.2. The Kier molecular flexibility index (Phi) is 34.0. The first-order chi connectivity index (χ1) is 28.7. The first-order valence-electron chi connectivity index (χ1n) is 20.2. The molecule has 0 saturated heterocycles. The van der Waals surface area contributed by atoms with Crippen molar-refractivity contribution in [2.45, 2.75) is 58.8 Å². The number of nitrogens with zero attached hydrogens (tertiary/aromatic N) is 3. The van der Waals surface area contributed by atoms with Gasteiger partial charge in [-0.3, -0.25) is 14.4 Å². The zero-order chi connectivity index (χ0) is 43.2. The number of hydrogen-bond acceptors (Lipinski definition) is 15. The quantitative estimate of drug-likeness (QED) is 0.0273. The van der Waals surface area contributed by atoms with Gasteiger partial charge in [0.25, 0.3) is 0 Å². The molecule has 1 rings (SSSR count). The lowest BCUT2D eigenvalue weighted by atomic mass is 10.0. The Bertz CT molecular complexity index is 1260. The van der Waals surface area contributed by atoms with Crippen molar-refractivity contribution in [2.75, 3.05) is 137 Å². The van der Waals surface area contributed by atoms with Crippen molar-refractivity contribution in [2.24, 2.45) is 11.0 Å². The van der Waals surface area contributed by atoms with Gasteiger partial charge in [0.1, 0.15) is 13.2 Å². The maximum atomic E-state index is 12.6. The zero-order valence-corrected chi connectivity index (χ0v) is 35.4. The van der Waals surface area contributed by atoms with Gasteiger partial charge in [-0.1, -0.05) is 38.0 Å². The molecule has 20 nitrogen and oxygen atoms in total. The number of benzene rings is 1. The largest absolute Gasteiger partial charge is 0.392 e. The van der Waals surface area contributed by atoms with Gasteiger partial charge in [0, 0.05) is 29.7 Å². The van der Waals surface area contributed by atoms with E-state index in [1.165, 1.54) is 0 Å². The van der Waals surface area contributed by atoms with Gasteiger partial charge in [-0.05, 0) is 42.5 Å². The Labute approximate surface area is 348 Å². The highest BCUT2D eigenvalue weighted by atomic mass is 16.6. The van der Waals surface area contributed by atoms with E-state index in [0.717, 1.165) is 12.0 Å². The predicted molar refractivity (Wildman–Crippen MR) is 219 cm³/mol. The third kappa shape index (κ3) is 31.1. The highest BCUT2D eigenvalue weighted by Crippen LogP contribution is 2.10. The molecule has 0 fully saturated rings. The highest BCUT2D eigenvalue weighted by Gasteiger charge is 2.20. The van der Waals surface area contributed by atoms with Crippen LogP contribution in [0.1, 0.15) is 39.7 Å². The average molecular weight is 844 g/mol. The minimum atomic E-state index is -0.523. The molecule has 0 aliphatic rings. The van der Waals surface area contributed by atoms with Crippen LogP contribution in [0.4, 0.5) is 5.69 Å². The van der Waals surface area contributed by atoms with Crippen LogP contribution in [0.25, 0.3) is 10.4 Å². The van der Waals surface area contributed by atoms with E-state index in [9.17, 15) is 14.4 Å². The molecule has 20 heteroatoms. The van der Waals surface area contributed by atoms with Crippen molar-refractivity contribution < 1.29 is 62.1 Å². The van der Waals surface area contributed by atoms with Crippen molar-refractivity contribution in [3.63, 3.8) is 0 Å². The number of anilines is 1. The van der Waals surface area contributed by atoms with Gasteiger partial charge in [-0.2, -0.15) is 0 Å². The van der Waals surface area contributed by atoms with Gasteiger partial charge in [0.2, 0.25) is 17.7 Å². The number of azide groups is 1. The molecule has 0 radical (unpaired) electrons. The van der Waals surface area contributed by atoms with E-state index < -0.39 is 6.04 Å². The second-order valence-electron chi connectivity index (χ2n) is 13.4. The fourth-order valence-corrected chi connectivity index (χ4v) is 4.66. The fourth-order valence-electron chi connectivity index (χ4n) is 4.66. The number of aliphatic hydroxyl groups excluding tert-OH is 1. The van der Waals surface area contributed by atoms with Crippen LogP contribution in [0.3, 0.4) is 0 Å². The number of hydrogen-bond donors (Lipinski definition) is 5. The van der Waals surface area contributed by atoms with Crippen molar-refractivity contribution >= 4 is 23.4 Å². The standard InChI is InChI=1S/C39H69N7O13/c1-5-34(45-46-40)28-58-25-24-57-23-22-56-21-20-55-19-18-54-17-16-53-15-14-52-13-12-51-11-10-41-37(48)29-59-30-38(49)44-36(31(2)3)26-42-32(4)39(50)43-35-8-6-33(27-47)7-9-35/h6-9,31-32,34,36,42,47H,5,10-30H2,1-4H3,(H,41,48)(H,43,50)(H,44,49)/t32-,34?,36+/m0/s1. The van der Waals surface area contributed by atoms with Crippen LogP contribution in [0.2, 0.25) is 0 Å². The third-order valence-electron chi connectivity index (χ3n) is 8.23. The summed E-state index contributed by atoms with van der Waals surface area (Å²) in [4.78, 5) is 39.9. The summed E-state index contributed by atoms with van der Waals surface area (Å²) in [7, 11) is 0. The average Bonchev–Trinajstić information content (AvgIpc) is 3.23. The summed E-state index contributed by atoms with van der Waals surface area (Å²) in [5, 5.41) is 24.3. The summed E-state index contributed by atoms with van der Waals surface area (Å²) < 4.78 is 48.9. The normalized spacial score (nSPS) is 12.8. The van der Waals surface area contributed by atoms with E-state index in [0.29, 0.717) is 118 Å². The lowest BCUT2D eigenvalue weighted by molar-refractivity contribution is -0.131.